The number of nitrogens with zero attached hydrogens (tertiary/aromatic N) is 1. The standard InChI is InChI=1S/C19H28N2O5/c1-12(2)15-7-5-13(3)9-18(15)26-11-19(22)20-16-8-6-14(25-4)10-17(16)21(23)24/h6,8,10,12-13,15,18H,5,7,9,11H2,1-4H3,(H,20,22)/t13-,15-,18-/m1/s1. The Kier molecular flexibility index (Phi) is 6.97. The van der Waals surface area contributed by atoms with E-state index in [4.69, 9.17) is 9.47 Å². The quantitative estimate of drug-likeness (QED) is 0.583. The zero-order chi connectivity index (χ0) is 19.3. The number of hydrogen-bond acceptors (Lipinski definition) is 5. The van der Waals surface area contributed by atoms with Crippen molar-refractivity contribution in [2.75, 3.05) is 19.0 Å². The van der Waals surface area contributed by atoms with Crippen molar-refractivity contribution in [1.29, 1.82) is 0 Å². The van der Waals surface area contributed by atoms with Crippen molar-refractivity contribution < 1.29 is 19.2 Å². The van der Waals surface area contributed by atoms with Crippen LogP contribution in [0.3, 0.4) is 0 Å². The number of carbonyl (C=O) groups excluding carboxylic acids is 1. The highest BCUT2D eigenvalue weighted by molar-refractivity contribution is 5.94. The lowest BCUT2D eigenvalue weighted by molar-refractivity contribution is -0.384. The minimum atomic E-state index is -0.545. The molecule has 0 spiro atoms. The maximum atomic E-state index is 12.3. The minimum absolute atomic E-state index is 0.0513. The summed E-state index contributed by atoms with van der Waals surface area (Å²) >= 11 is 0. The van der Waals surface area contributed by atoms with Crippen LogP contribution in [0.25, 0.3) is 0 Å². The van der Waals surface area contributed by atoms with Crippen LogP contribution in [0.4, 0.5) is 11.4 Å². The molecule has 2 rings (SSSR count). The first kappa shape index (κ1) is 20.2. The Morgan fingerprint density at radius 2 is 2.12 bits per heavy atom. The molecule has 1 aliphatic rings. The van der Waals surface area contributed by atoms with Gasteiger partial charge in [-0.15, -0.1) is 0 Å². The molecule has 1 N–H and O–H groups in total. The second-order valence-corrected chi connectivity index (χ2v) is 7.36. The molecule has 0 unspecified atom stereocenters. The van der Waals surface area contributed by atoms with Gasteiger partial charge in [-0.25, -0.2) is 0 Å². The largest absolute Gasteiger partial charge is 0.496 e. The van der Waals surface area contributed by atoms with Crippen molar-refractivity contribution in [3.8, 4) is 5.75 Å². The van der Waals surface area contributed by atoms with E-state index in [1.54, 1.807) is 6.07 Å². The summed E-state index contributed by atoms with van der Waals surface area (Å²) in [4.78, 5) is 22.9. The highest BCUT2D eigenvalue weighted by Crippen LogP contribution is 2.35. The molecule has 1 fully saturated rings. The van der Waals surface area contributed by atoms with Crippen molar-refractivity contribution >= 4 is 17.3 Å². The molecule has 7 nitrogen and oxygen atoms in total. The molecule has 0 aliphatic heterocycles. The molecule has 0 aromatic heterocycles. The van der Waals surface area contributed by atoms with Crippen LogP contribution in [-0.2, 0) is 9.53 Å². The monoisotopic (exact) mass is 364 g/mol. The highest BCUT2D eigenvalue weighted by Gasteiger charge is 2.31. The third kappa shape index (κ3) is 5.17. The van der Waals surface area contributed by atoms with Gasteiger partial charge in [-0.2, -0.15) is 0 Å². The third-order valence-corrected chi connectivity index (χ3v) is 5.07. The molecule has 26 heavy (non-hydrogen) atoms. The second kappa shape index (κ2) is 8.98. The number of ether oxygens (including phenoxy) is 2. The maximum absolute atomic E-state index is 12.3. The molecule has 1 amide bonds. The van der Waals surface area contributed by atoms with Gasteiger partial charge in [0.1, 0.15) is 18.0 Å². The van der Waals surface area contributed by atoms with Gasteiger partial charge in [0.2, 0.25) is 0 Å². The minimum Gasteiger partial charge on any atom is -0.496 e. The Hall–Kier alpha value is -2.15. The molecular formula is C19H28N2O5. The maximum Gasteiger partial charge on any atom is 0.296 e. The number of benzene rings is 1. The van der Waals surface area contributed by atoms with Gasteiger partial charge in [0.25, 0.3) is 11.6 Å². The van der Waals surface area contributed by atoms with Crippen LogP contribution >= 0.6 is 0 Å². The lowest BCUT2D eigenvalue weighted by Gasteiger charge is -2.37. The van der Waals surface area contributed by atoms with E-state index in [0.717, 1.165) is 12.8 Å². The van der Waals surface area contributed by atoms with Crippen molar-refractivity contribution in [1.82, 2.24) is 0 Å². The van der Waals surface area contributed by atoms with E-state index in [0.29, 0.717) is 23.5 Å². The van der Waals surface area contributed by atoms with E-state index in [2.05, 4.69) is 26.1 Å². The summed E-state index contributed by atoms with van der Waals surface area (Å²) in [7, 11) is 1.43. The molecule has 3 atom stereocenters. The molecule has 0 heterocycles. The summed E-state index contributed by atoms with van der Waals surface area (Å²) in [5, 5.41) is 13.8. The van der Waals surface area contributed by atoms with Gasteiger partial charge in [0.15, 0.2) is 0 Å². The number of amides is 1. The Labute approximate surface area is 154 Å². The van der Waals surface area contributed by atoms with Crippen LogP contribution in [0.1, 0.15) is 40.0 Å². The Balaban J connectivity index is 1.99. The van der Waals surface area contributed by atoms with Gasteiger partial charge in [-0.3, -0.25) is 14.9 Å². The zero-order valence-corrected chi connectivity index (χ0v) is 15.9. The van der Waals surface area contributed by atoms with E-state index in [9.17, 15) is 14.9 Å². The molecule has 0 radical (unpaired) electrons. The number of nitro benzene ring substituents is 1. The number of rotatable bonds is 7. The number of methoxy groups -OCH3 is 1. The zero-order valence-electron chi connectivity index (χ0n) is 15.9. The normalized spacial score (nSPS) is 22.9. The number of anilines is 1. The van der Waals surface area contributed by atoms with E-state index < -0.39 is 4.92 Å². The fourth-order valence-electron chi connectivity index (χ4n) is 3.57. The van der Waals surface area contributed by atoms with Crippen LogP contribution in [0.2, 0.25) is 0 Å². The third-order valence-electron chi connectivity index (χ3n) is 5.07. The first-order valence-corrected chi connectivity index (χ1v) is 9.05. The van der Waals surface area contributed by atoms with Crippen molar-refractivity contribution in [2.24, 2.45) is 17.8 Å². The molecule has 0 bridgehead atoms. The summed E-state index contributed by atoms with van der Waals surface area (Å²) in [6, 6.07) is 4.32. The smallest absolute Gasteiger partial charge is 0.296 e. The van der Waals surface area contributed by atoms with Crippen LogP contribution in [0.15, 0.2) is 18.2 Å². The van der Waals surface area contributed by atoms with E-state index in [1.807, 2.05) is 0 Å². The Morgan fingerprint density at radius 1 is 1.38 bits per heavy atom. The summed E-state index contributed by atoms with van der Waals surface area (Å²) in [5.41, 5.74) is -0.0640. The predicted molar refractivity (Wildman–Crippen MR) is 99.4 cm³/mol. The van der Waals surface area contributed by atoms with Gasteiger partial charge in [-0.1, -0.05) is 27.2 Å². The van der Waals surface area contributed by atoms with E-state index >= 15 is 0 Å². The first-order chi connectivity index (χ1) is 12.3. The topological polar surface area (TPSA) is 90.7 Å². The summed E-state index contributed by atoms with van der Waals surface area (Å²) in [6.45, 7) is 6.45. The van der Waals surface area contributed by atoms with E-state index in [-0.39, 0.29) is 30.0 Å². The molecule has 1 aliphatic carbocycles. The summed E-state index contributed by atoms with van der Waals surface area (Å²) in [5.74, 6) is 1.49. The average Bonchev–Trinajstić information content (AvgIpc) is 2.59. The summed E-state index contributed by atoms with van der Waals surface area (Å²) < 4.78 is 10.9. The van der Waals surface area contributed by atoms with Gasteiger partial charge in [-0.05, 0) is 42.7 Å². The molecule has 144 valence electrons. The molecule has 7 heteroatoms. The lowest BCUT2D eigenvalue weighted by atomic mass is 9.75. The molecule has 1 aromatic carbocycles. The molecule has 0 saturated heterocycles. The lowest BCUT2D eigenvalue weighted by Crippen LogP contribution is -2.36. The second-order valence-electron chi connectivity index (χ2n) is 7.36. The number of nitrogens with one attached hydrogen (secondary N) is 1. The van der Waals surface area contributed by atoms with Gasteiger partial charge < -0.3 is 14.8 Å². The predicted octanol–water partition coefficient (Wildman–Crippen LogP) is 4.02. The SMILES string of the molecule is COc1ccc(NC(=O)CO[C@@H]2C[C@H](C)CC[C@@H]2C(C)C)c([N+](=O)[O-])c1. The fraction of sp³-hybridized carbons (Fsp3) is 0.632. The van der Waals surface area contributed by atoms with E-state index in [1.165, 1.54) is 25.7 Å². The van der Waals surface area contributed by atoms with Crippen LogP contribution in [0.5, 0.6) is 5.75 Å². The van der Waals surface area contributed by atoms with Gasteiger partial charge in [0, 0.05) is 0 Å². The van der Waals surface area contributed by atoms with Crippen molar-refractivity contribution in [3.63, 3.8) is 0 Å². The average molecular weight is 364 g/mol. The number of nitro groups is 1. The Morgan fingerprint density at radius 3 is 2.73 bits per heavy atom. The molecular weight excluding hydrogens is 336 g/mol. The van der Waals surface area contributed by atoms with Crippen LogP contribution < -0.4 is 10.1 Å². The van der Waals surface area contributed by atoms with Crippen LogP contribution in [-0.4, -0.2) is 30.7 Å². The van der Waals surface area contributed by atoms with Crippen molar-refractivity contribution in [2.45, 2.75) is 46.1 Å². The van der Waals surface area contributed by atoms with Crippen LogP contribution in [0, 0.1) is 27.9 Å². The molecule has 1 saturated carbocycles. The number of carbonyl (C=O) groups is 1. The first-order valence-electron chi connectivity index (χ1n) is 9.05. The number of hydrogen-bond donors (Lipinski definition) is 1. The van der Waals surface area contributed by atoms with Crippen molar-refractivity contribution in [3.05, 3.63) is 28.3 Å². The highest BCUT2D eigenvalue weighted by atomic mass is 16.6. The van der Waals surface area contributed by atoms with Gasteiger partial charge >= 0.3 is 0 Å². The summed E-state index contributed by atoms with van der Waals surface area (Å²) in [6.07, 6.45) is 3.29. The van der Waals surface area contributed by atoms with Gasteiger partial charge in [0.05, 0.1) is 24.2 Å². The Bertz CT molecular complexity index is 647. The fourth-order valence-corrected chi connectivity index (χ4v) is 3.57. The molecule has 1 aromatic rings.